The molecule has 2 unspecified atom stereocenters. The predicted octanol–water partition coefficient (Wildman–Crippen LogP) is 5.67. The molecule has 2 atom stereocenters. The molecule has 1 saturated carbocycles. The quantitative estimate of drug-likeness (QED) is 0.310. The van der Waals surface area contributed by atoms with Crippen LogP contribution < -0.4 is 10.1 Å². The summed E-state index contributed by atoms with van der Waals surface area (Å²) in [6.07, 6.45) is 5.30. The molecule has 1 spiro atoms. The van der Waals surface area contributed by atoms with E-state index in [-0.39, 0.29) is 23.4 Å². The number of rotatable bonds is 8. The van der Waals surface area contributed by atoms with Crippen molar-refractivity contribution in [3.8, 4) is 16.2 Å². The molecule has 1 N–H and O–H groups in total. The number of amides is 2. The molecule has 3 heterocycles. The molecule has 1 aliphatic carbocycles. The summed E-state index contributed by atoms with van der Waals surface area (Å²) in [6, 6.07) is 17.2. The molecule has 0 bridgehead atoms. The average molecular weight is 544 g/mol. The minimum Gasteiger partial charge on any atom is -0.492 e. The van der Waals surface area contributed by atoms with Crippen molar-refractivity contribution in [2.75, 3.05) is 33.8 Å². The molecular formula is C31H33N3O4S. The summed E-state index contributed by atoms with van der Waals surface area (Å²) >= 11 is 1.57. The summed E-state index contributed by atoms with van der Waals surface area (Å²) in [6.45, 7) is 2.13. The lowest BCUT2D eigenvalue weighted by atomic mass is 9.97. The normalized spacial score (nSPS) is 20.5. The summed E-state index contributed by atoms with van der Waals surface area (Å²) in [7, 11) is 4.04. The van der Waals surface area contributed by atoms with E-state index in [1.165, 1.54) is 0 Å². The fourth-order valence-electron chi connectivity index (χ4n) is 5.76. The zero-order valence-electron chi connectivity index (χ0n) is 22.3. The van der Waals surface area contributed by atoms with E-state index in [0.717, 1.165) is 53.8 Å². The first-order valence-electron chi connectivity index (χ1n) is 13.5. The van der Waals surface area contributed by atoms with Crippen LogP contribution >= 0.6 is 11.3 Å². The second kappa shape index (κ2) is 10.5. The average Bonchev–Trinajstić information content (AvgIpc) is 3.32. The lowest BCUT2D eigenvalue weighted by Crippen LogP contribution is -2.50. The zero-order valence-corrected chi connectivity index (χ0v) is 23.1. The first kappa shape index (κ1) is 25.6. The van der Waals surface area contributed by atoms with Gasteiger partial charge in [0.2, 0.25) is 0 Å². The smallest absolute Gasteiger partial charge is 0.255 e. The lowest BCUT2D eigenvalue weighted by molar-refractivity contribution is 0.0550. The van der Waals surface area contributed by atoms with Gasteiger partial charge in [-0.3, -0.25) is 9.59 Å². The van der Waals surface area contributed by atoms with Gasteiger partial charge in [-0.05, 0) is 87.1 Å². The second-order valence-electron chi connectivity index (χ2n) is 10.7. The molecule has 2 aromatic carbocycles. The molecule has 7 nitrogen and oxygen atoms in total. The maximum absolute atomic E-state index is 14.1. The number of nitrogens with one attached hydrogen (secondary N) is 1. The maximum atomic E-state index is 14.1. The number of hydrogen-bond acceptors (Lipinski definition) is 6. The number of fused-ring (bicyclic) bond motifs is 1. The zero-order chi connectivity index (χ0) is 27.0. The molecule has 6 rings (SSSR count). The Morgan fingerprint density at radius 1 is 1.13 bits per heavy atom. The number of hydrogen-bond donors (Lipinski definition) is 1. The van der Waals surface area contributed by atoms with Gasteiger partial charge in [0.05, 0.1) is 29.0 Å². The fourth-order valence-corrected chi connectivity index (χ4v) is 6.65. The van der Waals surface area contributed by atoms with E-state index in [2.05, 4.69) is 10.2 Å². The van der Waals surface area contributed by atoms with Crippen LogP contribution in [-0.4, -0.2) is 67.0 Å². The Morgan fingerprint density at radius 2 is 2.00 bits per heavy atom. The largest absolute Gasteiger partial charge is 0.492 e. The number of piperidine rings is 1. The van der Waals surface area contributed by atoms with E-state index in [0.29, 0.717) is 29.9 Å². The summed E-state index contributed by atoms with van der Waals surface area (Å²) in [5.41, 5.74) is 2.66. The number of carbonyl (C=O) groups excluding carboxylic acids is 2. The van der Waals surface area contributed by atoms with Gasteiger partial charge in [-0.25, -0.2) is 0 Å². The highest BCUT2D eigenvalue weighted by atomic mass is 32.1. The van der Waals surface area contributed by atoms with Crippen LogP contribution in [0.2, 0.25) is 0 Å². The lowest BCUT2D eigenvalue weighted by Gasteiger charge is -2.37. The number of thiophene rings is 1. The molecular weight excluding hydrogens is 510 g/mol. The highest BCUT2D eigenvalue weighted by molar-refractivity contribution is 7.14. The molecule has 8 heteroatoms. The van der Waals surface area contributed by atoms with Crippen molar-refractivity contribution in [3.05, 3.63) is 77.4 Å². The van der Waals surface area contributed by atoms with Gasteiger partial charge < -0.3 is 24.3 Å². The van der Waals surface area contributed by atoms with Crippen LogP contribution in [0.25, 0.3) is 21.4 Å². The highest BCUT2D eigenvalue weighted by Crippen LogP contribution is 2.50. The molecule has 0 radical (unpaired) electrons. The van der Waals surface area contributed by atoms with Gasteiger partial charge >= 0.3 is 0 Å². The van der Waals surface area contributed by atoms with E-state index in [1.54, 1.807) is 17.6 Å². The van der Waals surface area contributed by atoms with E-state index in [9.17, 15) is 9.59 Å². The number of nitrogens with zero attached hydrogens (tertiary/aromatic N) is 2. The third kappa shape index (κ3) is 4.94. The summed E-state index contributed by atoms with van der Waals surface area (Å²) < 4.78 is 11.4. The monoisotopic (exact) mass is 543 g/mol. The molecule has 2 aliphatic rings. The molecule has 2 fully saturated rings. The second-order valence-corrected chi connectivity index (χ2v) is 11.6. The van der Waals surface area contributed by atoms with E-state index >= 15 is 0 Å². The van der Waals surface area contributed by atoms with Crippen molar-refractivity contribution in [1.29, 1.82) is 0 Å². The van der Waals surface area contributed by atoms with Crippen LogP contribution in [-0.2, 0) is 0 Å². The third-order valence-corrected chi connectivity index (χ3v) is 8.88. The van der Waals surface area contributed by atoms with Gasteiger partial charge in [0.15, 0.2) is 0 Å². The first-order chi connectivity index (χ1) is 19.0. The maximum Gasteiger partial charge on any atom is 0.255 e. The summed E-state index contributed by atoms with van der Waals surface area (Å²) in [5.74, 6) is 0.718. The summed E-state index contributed by atoms with van der Waals surface area (Å²) in [5, 5.41) is 6.02. The minimum absolute atomic E-state index is 0.0403. The Kier molecular flexibility index (Phi) is 6.91. The Bertz CT molecular complexity index is 1510. The topological polar surface area (TPSA) is 75.0 Å². The minimum atomic E-state index is -0.328. The number of likely N-dealkylation sites (tertiary alicyclic amines) is 1. The van der Waals surface area contributed by atoms with E-state index < -0.39 is 0 Å². The van der Waals surface area contributed by atoms with E-state index in [4.69, 9.17) is 9.15 Å². The number of carbonyl (C=O) groups is 2. The molecule has 39 heavy (non-hydrogen) atoms. The summed E-state index contributed by atoms with van der Waals surface area (Å²) in [4.78, 5) is 32.4. The molecule has 1 aliphatic heterocycles. The molecule has 202 valence electrons. The molecule has 2 aromatic heterocycles. The van der Waals surface area contributed by atoms with Crippen LogP contribution in [0.15, 0.2) is 70.7 Å². The van der Waals surface area contributed by atoms with Crippen LogP contribution in [0.4, 0.5) is 0 Å². The Morgan fingerprint density at radius 3 is 2.87 bits per heavy atom. The van der Waals surface area contributed by atoms with Crippen LogP contribution in [0.3, 0.4) is 0 Å². The Hall–Kier alpha value is -3.62. The Balaban J connectivity index is 1.20. The van der Waals surface area contributed by atoms with Crippen molar-refractivity contribution in [2.45, 2.75) is 37.3 Å². The molecule has 4 aromatic rings. The van der Waals surface area contributed by atoms with Crippen LogP contribution in [0, 0.1) is 0 Å². The SMILES string of the molecule is CN(C)CCOc1cccc(-c2sccc2C(=O)N2CCCCC23CC3NC(=O)c2cccc3occc23)c1. The molecule has 2 amide bonds. The predicted molar refractivity (Wildman–Crippen MR) is 154 cm³/mol. The van der Waals surface area contributed by atoms with Gasteiger partial charge in [0, 0.05) is 23.4 Å². The third-order valence-electron chi connectivity index (χ3n) is 7.92. The number of benzene rings is 2. The fraction of sp³-hybridized carbons (Fsp3) is 0.355. The van der Waals surface area contributed by atoms with Gasteiger partial charge in [0.1, 0.15) is 17.9 Å². The van der Waals surface area contributed by atoms with Gasteiger partial charge in [-0.1, -0.05) is 18.2 Å². The van der Waals surface area contributed by atoms with Gasteiger partial charge in [-0.2, -0.15) is 0 Å². The highest BCUT2D eigenvalue weighted by Gasteiger charge is 2.61. The van der Waals surface area contributed by atoms with Crippen molar-refractivity contribution in [1.82, 2.24) is 15.1 Å². The number of ether oxygens (including phenoxy) is 1. The first-order valence-corrected chi connectivity index (χ1v) is 14.4. The Labute approximate surface area is 232 Å². The number of likely N-dealkylation sites (N-methyl/N-ethyl adjacent to an activating group) is 1. The molecule has 1 saturated heterocycles. The van der Waals surface area contributed by atoms with Gasteiger partial charge in [-0.15, -0.1) is 11.3 Å². The van der Waals surface area contributed by atoms with Crippen molar-refractivity contribution in [2.24, 2.45) is 0 Å². The standard InChI is InChI=1S/C31H33N3O4S/c1-33(2)15-17-37-22-8-5-7-21(19-22)28-25(12-18-39-28)30(36)34-14-4-3-13-31(34)20-27(31)32-29(35)24-9-6-10-26-23(24)11-16-38-26/h5-12,16,18-19,27H,3-4,13-15,17,20H2,1-2H3,(H,32,35). The van der Waals surface area contributed by atoms with Crippen molar-refractivity contribution >= 4 is 34.1 Å². The van der Waals surface area contributed by atoms with Crippen LogP contribution in [0.5, 0.6) is 5.75 Å². The van der Waals surface area contributed by atoms with Crippen LogP contribution in [0.1, 0.15) is 46.4 Å². The van der Waals surface area contributed by atoms with Gasteiger partial charge in [0.25, 0.3) is 11.8 Å². The van der Waals surface area contributed by atoms with Crippen molar-refractivity contribution < 1.29 is 18.7 Å². The van der Waals surface area contributed by atoms with Crippen molar-refractivity contribution in [3.63, 3.8) is 0 Å². The number of furan rings is 1. The van der Waals surface area contributed by atoms with E-state index in [1.807, 2.05) is 79.0 Å².